The summed E-state index contributed by atoms with van der Waals surface area (Å²) in [6.07, 6.45) is 30.3. The van der Waals surface area contributed by atoms with Crippen LogP contribution < -0.4 is 53.2 Å². The molecule has 0 saturated carbocycles. The summed E-state index contributed by atoms with van der Waals surface area (Å²) in [5.74, 6) is 2.64. The lowest BCUT2D eigenvalue weighted by molar-refractivity contribution is 0.109. The fourth-order valence-electron chi connectivity index (χ4n) is 12.5. The lowest BCUT2D eigenvalue weighted by Crippen LogP contribution is -2.39. The Balaban J connectivity index is 0.000000235. The molecule has 0 amide bonds. The van der Waals surface area contributed by atoms with Gasteiger partial charge in [0.1, 0.15) is 17.5 Å². The number of hydrogen-bond donors (Lipinski definition) is 8. The third-order valence-electron chi connectivity index (χ3n) is 18.0. The van der Waals surface area contributed by atoms with Crippen LogP contribution in [0.15, 0.2) is 121 Å². The Kier molecular flexibility index (Phi) is 46.1. The van der Waals surface area contributed by atoms with Gasteiger partial charge in [0.05, 0.1) is 43.6 Å². The van der Waals surface area contributed by atoms with Gasteiger partial charge in [-0.25, -0.2) is 15.0 Å². The fourth-order valence-corrected chi connectivity index (χ4v) is 12.9. The number of piperidine rings is 3. The first-order valence-corrected chi connectivity index (χ1v) is 39.6. The van der Waals surface area contributed by atoms with Crippen LogP contribution in [-0.2, 0) is 52.7 Å². The molecular weight excluding hydrogens is 1390 g/mol. The van der Waals surface area contributed by atoms with Crippen LogP contribution in [-0.4, -0.2) is 192 Å². The van der Waals surface area contributed by atoms with Crippen LogP contribution in [0.1, 0.15) is 137 Å². The first kappa shape index (κ1) is 89.6. The Hall–Kier alpha value is -7.06. The summed E-state index contributed by atoms with van der Waals surface area (Å²) in [5.41, 5.74) is 29.1. The molecule has 5 aliphatic heterocycles. The number of likely N-dealkylation sites (N-methyl/N-ethyl adjacent to an activating group) is 1. The summed E-state index contributed by atoms with van der Waals surface area (Å²) in [6.45, 7) is 33.6. The van der Waals surface area contributed by atoms with E-state index in [9.17, 15) is 0 Å². The van der Waals surface area contributed by atoms with E-state index in [-0.39, 0.29) is 0 Å². The minimum atomic E-state index is 0.607. The third kappa shape index (κ3) is 36.7. The number of rotatable bonds is 19. The number of halogens is 1. The summed E-state index contributed by atoms with van der Waals surface area (Å²) in [6, 6.07) is 28.0. The molecule has 8 aromatic rings. The summed E-state index contributed by atoms with van der Waals surface area (Å²) in [7, 11) is 9.02. The van der Waals surface area contributed by atoms with Crippen LogP contribution in [0.4, 0.5) is 17.2 Å². The largest absolute Gasteiger partial charge is 0.385 e. The number of hydrogen-bond acceptors (Lipinski definition) is 19. The van der Waals surface area contributed by atoms with Gasteiger partial charge in [-0.2, -0.15) is 0 Å². The van der Waals surface area contributed by atoms with Crippen LogP contribution >= 0.6 is 15.9 Å². The van der Waals surface area contributed by atoms with E-state index in [1.54, 1.807) is 14.2 Å². The Labute approximate surface area is 645 Å². The lowest BCUT2D eigenvalue weighted by Gasteiger charge is -2.28. The summed E-state index contributed by atoms with van der Waals surface area (Å²) in [5, 5.41) is 18.6. The van der Waals surface area contributed by atoms with E-state index in [0.29, 0.717) is 5.82 Å². The van der Waals surface area contributed by atoms with Crippen molar-refractivity contribution in [2.45, 2.75) is 151 Å². The van der Waals surface area contributed by atoms with E-state index in [1.165, 1.54) is 138 Å². The molecule has 0 aliphatic carbocycles. The van der Waals surface area contributed by atoms with E-state index >= 15 is 0 Å². The highest BCUT2D eigenvalue weighted by Crippen LogP contribution is 2.25. The first-order valence-electron chi connectivity index (χ1n) is 38.9. The van der Waals surface area contributed by atoms with E-state index in [0.717, 1.165) is 183 Å². The van der Waals surface area contributed by atoms with Crippen molar-refractivity contribution in [3.8, 4) is 11.6 Å². The standard InChI is InChI=1S/C24H30N4.C19H20BrN3.C18H24N4.C5H11N.C4H10N2.C4H9NO.2C4H11NO.C2H7N/c1-18-13-22(26-24(14-18)28-19(2)7-8-20(28)3)10-9-21-15-23(17-25-16-21)27-11-5-4-6-12-27;1-13-8-18(7-6-16-10-17(20)12-21-11-16)22-19(9-13)23-14(2)4-5-15(23)3;1-14-9-16(21-18(19)10-14)6-5-15-11-17(13-20-12-15)22-7-3-2-4-8-22;1-2-4-6-5-3-1;1-2-6-4-3-5-1;1-3-6-4-2-5-1;1-5-3-4-6-2;1-6-4-2-3-5;1-3-2/h7-8,13-17H,4-6,9-12H2,1-3H3;4-5,8-12H,6-7H2,1-3H3;9-13H,2-8H2,1H3,(H2,19,21);6H,1-5H2;5-6H,1-4H2;5H,1-4H2;5H,3-4H2,1-2H3;2-5H2,1H3;3H,1-2H3. The average Bonchev–Trinajstić information content (AvgIpc) is 1.62. The lowest BCUT2D eigenvalue weighted by atomic mass is 10.1. The predicted octanol–water partition coefficient (Wildman–Crippen LogP) is 12.1. The summed E-state index contributed by atoms with van der Waals surface area (Å²) in [4.78, 5) is 32.3. The zero-order valence-corrected chi connectivity index (χ0v) is 68.3. The fraction of sp³-hybridized carbons (Fsp3) is 0.548. The van der Waals surface area contributed by atoms with Gasteiger partial charge < -0.3 is 76.5 Å². The maximum absolute atomic E-state index is 5.82. The Morgan fingerprint density at radius 3 is 1.16 bits per heavy atom. The number of anilines is 3. The van der Waals surface area contributed by atoms with Crippen LogP contribution in [0.2, 0.25) is 0 Å². The number of aromatic nitrogens is 8. The highest BCUT2D eigenvalue weighted by atomic mass is 79.9. The number of morpholine rings is 1. The van der Waals surface area contributed by atoms with Gasteiger partial charge in [-0.15, -0.1) is 0 Å². The molecule has 5 aliphatic rings. The van der Waals surface area contributed by atoms with Gasteiger partial charge in [0, 0.05) is 162 Å². The number of ether oxygens (including phenoxy) is 3. The van der Waals surface area contributed by atoms with E-state index in [4.69, 9.17) is 35.6 Å². The molecule has 0 aromatic carbocycles. The van der Waals surface area contributed by atoms with E-state index in [1.807, 2.05) is 64.4 Å². The van der Waals surface area contributed by atoms with Crippen molar-refractivity contribution >= 4 is 33.1 Å². The second-order valence-electron chi connectivity index (χ2n) is 27.6. The van der Waals surface area contributed by atoms with Gasteiger partial charge >= 0.3 is 0 Å². The second kappa shape index (κ2) is 54.5. The second-order valence-corrected chi connectivity index (χ2v) is 28.5. The van der Waals surface area contributed by atoms with Crippen LogP contribution in [0.25, 0.3) is 11.6 Å². The van der Waals surface area contributed by atoms with E-state index in [2.05, 4.69) is 208 Å². The molecule has 21 nitrogen and oxygen atoms in total. The normalized spacial score (nSPS) is 14.6. The number of aryl methyl sites for hydroxylation is 13. The molecule has 5 fully saturated rings. The molecule has 10 N–H and O–H groups in total. The van der Waals surface area contributed by atoms with Gasteiger partial charge in [0.25, 0.3) is 0 Å². The highest BCUT2D eigenvalue weighted by Gasteiger charge is 2.15. The zero-order valence-electron chi connectivity index (χ0n) is 66.7. The quantitative estimate of drug-likeness (QED) is 0.0351. The van der Waals surface area contributed by atoms with Crippen molar-refractivity contribution in [3.63, 3.8) is 0 Å². The van der Waals surface area contributed by atoms with Crippen LogP contribution in [0.5, 0.6) is 0 Å². The van der Waals surface area contributed by atoms with Gasteiger partial charge in [-0.1, -0.05) is 6.42 Å². The molecule has 13 rings (SSSR count). The maximum atomic E-state index is 5.82. The molecule has 106 heavy (non-hydrogen) atoms. The summed E-state index contributed by atoms with van der Waals surface area (Å²) < 4.78 is 19.9. The SMILES string of the molecule is C1CCNCC1.C1CNCCN1.C1COCCN1.CNC.CNCCOC.COCCCN.Cc1cc(CCc2cncc(Br)c2)nc(-n2c(C)ccc2C)c1.Cc1cc(CCc2cncc(N3CCCCC3)c2)nc(-n2c(C)ccc2C)c1.Cc1cc(N)nc(CCc2cncc(N3CCCCC3)c2)c1. The van der Waals surface area contributed by atoms with Crippen molar-refractivity contribution in [1.29, 1.82) is 0 Å². The Morgan fingerprint density at radius 1 is 0.453 bits per heavy atom. The van der Waals surface area contributed by atoms with Crippen molar-refractivity contribution in [2.75, 3.05) is 169 Å². The molecule has 0 spiro atoms. The predicted molar refractivity (Wildman–Crippen MR) is 446 cm³/mol. The number of methoxy groups -OCH3 is 2. The third-order valence-corrected chi connectivity index (χ3v) is 18.4. The number of piperazine rings is 1. The number of nitrogen functional groups attached to an aromatic ring is 1. The topological polar surface area (TPSA) is 246 Å². The van der Waals surface area contributed by atoms with Crippen LogP contribution in [0, 0.1) is 48.5 Å². The molecule has 0 unspecified atom stereocenters. The number of nitrogens with zero attached hydrogens (tertiary/aromatic N) is 10. The molecule has 8 aromatic heterocycles. The highest BCUT2D eigenvalue weighted by molar-refractivity contribution is 9.10. The first-order chi connectivity index (χ1) is 51.6. The Bertz CT molecular complexity index is 3460. The minimum absolute atomic E-state index is 0.607. The number of nitrogens with one attached hydrogen (secondary N) is 6. The van der Waals surface area contributed by atoms with Gasteiger partial charge in [0.2, 0.25) is 0 Å². The number of pyridine rings is 6. The van der Waals surface area contributed by atoms with Gasteiger partial charge in [-0.05, 0) is 314 Å². The zero-order chi connectivity index (χ0) is 76.4. The van der Waals surface area contributed by atoms with Crippen molar-refractivity contribution in [2.24, 2.45) is 5.73 Å². The van der Waals surface area contributed by atoms with Gasteiger partial charge in [-0.3, -0.25) is 15.0 Å². The Morgan fingerprint density at radius 2 is 0.840 bits per heavy atom. The monoisotopic (exact) mass is 1520 g/mol. The van der Waals surface area contributed by atoms with Crippen molar-refractivity contribution in [1.82, 2.24) is 70.9 Å². The van der Waals surface area contributed by atoms with Crippen molar-refractivity contribution < 1.29 is 14.2 Å². The summed E-state index contributed by atoms with van der Waals surface area (Å²) >= 11 is 3.47. The molecule has 22 heteroatoms. The van der Waals surface area contributed by atoms with Crippen LogP contribution in [0.3, 0.4) is 0 Å². The minimum Gasteiger partial charge on any atom is -0.385 e. The number of nitrogens with two attached hydrogens (primary N) is 2. The van der Waals surface area contributed by atoms with Gasteiger partial charge in [0.15, 0.2) is 0 Å². The molecule has 584 valence electrons. The molecule has 0 radical (unpaired) electrons. The molecular formula is C84H133BrN18O3. The average molecular weight is 1520 g/mol. The molecule has 0 bridgehead atoms. The van der Waals surface area contributed by atoms with E-state index < -0.39 is 0 Å². The maximum Gasteiger partial charge on any atom is 0.137 e. The molecule has 5 saturated heterocycles. The van der Waals surface area contributed by atoms with Crippen molar-refractivity contribution in [3.05, 3.63) is 194 Å². The smallest absolute Gasteiger partial charge is 0.137 e. The molecule has 0 atom stereocenters. The molecule has 13 heterocycles.